The van der Waals surface area contributed by atoms with Gasteiger partial charge in [-0.25, -0.2) is 4.79 Å². The molecule has 1 fully saturated rings. The molecule has 2 aromatic rings. The van der Waals surface area contributed by atoms with Crippen LogP contribution in [0.15, 0.2) is 48.5 Å². The third-order valence-corrected chi connectivity index (χ3v) is 6.71. The molecule has 180 valence electrons. The number of nitrogens with one attached hydrogen (secondary N) is 2. The summed E-state index contributed by atoms with van der Waals surface area (Å²) in [6.45, 7) is 0.390. The van der Waals surface area contributed by atoms with Crippen LogP contribution in [0.2, 0.25) is 0 Å². The molecule has 3 atom stereocenters. The second-order valence-electron chi connectivity index (χ2n) is 8.88. The number of rotatable bonds is 9. The maximum Gasteiger partial charge on any atom is 0.407 e. The second kappa shape index (κ2) is 10.7. The van der Waals surface area contributed by atoms with E-state index in [9.17, 15) is 14.4 Å². The van der Waals surface area contributed by atoms with Gasteiger partial charge in [0.15, 0.2) is 0 Å². The molecule has 0 aliphatic heterocycles. The highest BCUT2D eigenvalue weighted by Crippen LogP contribution is 2.44. The molecule has 2 aliphatic rings. The van der Waals surface area contributed by atoms with Gasteiger partial charge in [0.1, 0.15) is 6.61 Å². The van der Waals surface area contributed by atoms with E-state index in [1.807, 2.05) is 24.3 Å². The zero-order valence-electron chi connectivity index (χ0n) is 19.2. The summed E-state index contributed by atoms with van der Waals surface area (Å²) in [7, 11) is 1.42. The molecule has 0 spiro atoms. The van der Waals surface area contributed by atoms with E-state index in [2.05, 4.69) is 34.9 Å². The van der Waals surface area contributed by atoms with Crippen molar-refractivity contribution < 1.29 is 29.0 Å². The Kier molecular flexibility index (Phi) is 7.47. The number of benzene rings is 2. The number of carboxylic acid groups (broad SMARTS) is 1. The minimum absolute atomic E-state index is 0.000197. The van der Waals surface area contributed by atoms with Crippen molar-refractivity contribution in [3.05, 3.63) is 59.7 Å². The predicted octanol–water partition coefficient (Wildman–Crippen LogP) is 3.30. The van der Waals surface area contributed by atoms with Crippen LogP contribution < -0.4 is 10.6 Å². The van der Waals surface area contributed by atoms with Gasteiger partial charge in [0, 0.05) is 31.5 Å². The van der Waals surface area contributed by atoms with E-state index in [1.54, 1.807) is 0 Å². The Bertz CT molecular complexity index is 1010. The molecule has 2 aliphatic carbocycles. The van der Waals surface area contributed by atoms with E-state index in [-0.39, 0.29) is 43.4 Å². The summed E-state index contributed by atoms with van der Waals surface area (Å²) in [5.74, 6) is -1.36. The largest absolute Gasteiger partial charge is 0.481 e. The van der Waals surface area contributed by atoms with Crippen molar-refractivity contribution in [2.24, 2.45) is 5.92 Å². The highest BCUT2D eigenvalue weighted by molar-refractivity contribution is 5.80. The molecule has 0 aromatic heterocycles. The third kappa shape index (κ3) is 5.39. The summed E-state index contributed by atoms with van der Waals surface area (Å²) < 4.78 is 10.7. The summed E-state index contributed by atoms with van der Waals surface area (Å²) in [6, 6.07) is 16.2. The number of carbonyl (C=O) groups is 3. The Morgan fingerprint density at radius 2 is 1.68 bits per heavy atom. The molecule has 8 nitrogen and oxygen atoms in total. The van der Waals surface area contributed by atoms with E-state index >= 15 is 0 Å². The first kappa shape index (κ1) is 23.8. The average Bonchev–Trinajstić information content (AvgIpc) is 3.42. The number of hydrogen-bond acceptors (Lipinski definition) is 5. The van der Waals surface area contributed by atoms with Crippen LogP contribution in [0.4, 0.5) is 4.79 Å². The minimum atomic E-state index is -0.977. The topological polar surface area (TPSA) is 114 Å². The minimum Gasteiger partial charge on any atom is -0.481 e. The standard InChI is InChI=1S/C26H30N2O6/c1-33-18(13-24(29)30)14-27-25(31)16-10-11-17(12-16)28-26(32)34-15-23-21-8-4-2-6-19(21)20-7-3-5-9-22(20)23/h2-9,16-18,23H,10-15H2,1H3,(H,27,31)(H,28,32)(H,29,30). The first-order valence-corrected chi connectivity index (χ1v) is 11.6. The molecule has 3 N–H and O–H groups in total. The van der Waals surface area contributed by atoms with Crippen LogP contribution in [0, 0.1) is 5.92 Å². The smallest absolute Gasteiger partial charge is 0.407 e. The molecule has 8 heteroatoms. The number of carbonyl (C=O) groups excluding carboxylic acids is 2. The molecule has 0 heterocycles. The highest BCUT2D eigenvalue weighted by Gasteiger charge is 2.32. The van der Waals surface area contributed by atoms with Gasteiger partial charge in [0.2, 0.25) is 5.91 Å². The van der Waals surface area contributed by atoms with Crippen molar-refractivity contribution >= 4 is 18.0 Å². The van der Waals surface area contributed by atoms with Crippen molar-refractivity contribution in [2.75, 3.05) is 20.3 Å². The van der Waals surface area contributed by atoms with Crippen LogP contribution in [0.1, 0.15) is 42.7 Å². The molecule has 3 unspecified atom stereocenters. The lowest BCUT2D eigenvalue weighted by atomic mass is 9.98. The zero-order chi connectivity index (χ0) is 24.1. The first-order valence-electron chi connectivity index (χ1n) is 11.6. The Morgan fingerprint density at radius 3 is 2.29 bits per heavy atom. The van der Waals surface area contributed by atoms with Crippen molar-refractivity contribution in [3.63, 3.8) is 0 Å². The maximum absolute atomic E-state index is 12.5. The number of amides is 2. The van der Waals surface area contributed by atoms with Crippen LogP contribution in [-0.4, -0.2) is 55.5 Å². The van der Waals surface area contributed by atoms with Gasteiger partial charge in [-0.2, -0.15) is 0 Å². The van der Waals surface area contributed by atoms with Crippen LogP contribution in [0.5, 0.6) is 0 Å². The highest BCUT2D eigenvalue weighted by atomic mass is 16.5. The number of fused-ring (bicyclic) bond motifs is 3. The fraction of sp³-hybridized carbons (Fsp3) is 0.423. The lowest BCUT2D eigenvalue weighted by Gasteiger charge is -2.18. The van der Waals surface area contributed by atoms with Gasteiger partial charge in [-0.05, 0) is 41.5 Å². The van der Waals surface area contributed by atoms with E-state index < -0.39 is 18.2 Å². The van der Waals surface area contributed by atoms with Crippen molar-refractivity contribution in [1.29, 1.82) is 0 Å². The fourth-order valence-electron chi connectivity index (χ4n) is 4.95. The number of alkyl carbamates (subject to hydrolysis) is 1. The summed E-state index contributed by atoms with van der Waals surface area (Å²) in [5.41, 5.74) is 4.67. The molecule has 1 saturated carbocycles. The van der Waals surface area contributed by atoms with Gasteiger partial charge in [-0.3, -0.25) is 9.59 Å². The van der Waals surface area contributed by atoms with E-state index in [4.69, 9.17) is 14.6 Å². The van der Waals surface area contributed by atoms with Crippen LogP contribution in [-0.2, 0) is 19.1 Å². The Labute approximate surface area is 198 Å². The Balaban J connectivity index is 1.25. The molecule has 4 rings (SSSR count). The number of carboxylic acids is 1. The van der Waals surface area contributed by atoms with E-state index in [0.29, 0.717) is 19.3 Å². The molecule has 0 saturated heterocycles. The fourth-order valence-corrected chi connectivity index (χ4v) is 4.95. The van der Waals surface area contributed by atoms with Crippen molar-refractivity contribution in [2.45, 2.75) is 43.7 Å². The first-order chi connectivity index (χ1) is 16.5. The number of aliphatic carboxylic acids is 1. The van der Waals surface area contributed by atoms with Gasteiger partial charge in [0.25, 0.3) is 0 Å². The van der Waals surface area contributed by atoms with Crippen molar-refractivity contribution in [3.8, 4) is 11.1 Å². The summed E-state index contributed by atoms with van der Waals surface area (Å²) in [5, 5.41) is 14.5. The van der Waals surface area contributed by atoms with Gasteiger partial charge >= 0.3 is 12.1 Å². The van der Waals surface area contributed by atoms with Gasteiger partial charge in [-0.1, -0.05) is 48.5 Å². The van der Waals surface area contributed by atoms with Crippen LogP contribution in [0.25, 0.3) is 11.1 Å². The van der Waals surface area contributed by atoms with Gasteiger partial charge in [-0.15, -0.1) is 0 Å². The average molecular weight is 467 g/mol. The monoisotopic (exact) mass is 466 g/mol. The second-order valence-corrected chi connectivity index (χ2v) is 8.88. The summed E-state index contributed by atoms with van der Waals surface area (Å²) in [4.78, 5) is 35.8. The molecular formula is C26H30N2O6. The van der Waals surface area contributed by atoms with Gasteiger partial charge < -0.3 is 25.2 Å². The normalized spacial score (nSPS) is 19.7. The van der Waals surface area contributed by atoms with E-state index in [0.717, 1.165) is 11.1 Å². The van der Waals surface area contributed by atoms with E-state index in [1.165, 1.54) is 18.2 Å². The zero-order valence-corrected chi connectivity index (χ0v) is 19.2. The molecule has 34 heavy (non-hydrogen) atoms. The number of ether oxygens (including phenoxy) is 2. The lowest BCUT2D eigenvalue weighted by molar-refractivity contribution is -0.140. The lowest BCUT2D eigenvalue weighted by Crippen LogP contribution is -2.38. The summed E-state index contributed by atoms with van der Waals surface area (Å²) in [6.07, 6.45) is 0.633. The van der Waals surface area contributed by atoms with Crippen molar-refractivity contribution in [1.82, 2.24) is 10.6 Å². The predicted molar refractivity (Wildman–Crippen MR) is 125 cm³/mol. The molecule has 2 amide bonds. The van der Waals surface area contributed by atoms with Crippen LogP contribution in [0.3, 0.4) is 0 Å². The Morgan fingerprint density at radius 1 is 1.03 bits per heavy atom. The Hall–Kier alpha value is -3.39. The molecule has 0 bridgehead atoms. The number of methoxy groups -OCH3 is 1. The SMILES string of the molecule is COC(CNC(=O)C1CCC(NC(=O)OCC2c3ccccc3-c3ccccc32)C1)CC(=O)O. The third-order valence-electron chi connectivity index (χ3n) is 6.71. The maximum atomic E-state index is 12.5. The van der Waals surface area contributed by atoms with Gasteiger partial charge in [0.05, 0.1) is 12.5 Å². The van der Waals surface area contributed by atoms with Crippen LogP contribution >= 0.6 is 0 Å². The summed E-state index contributed by atoms with van der Waals surface area (Å²) >= 11 is 0. The number of hydrogen-bond donors (Lipinski definition) is 3. The molecule has 0 radical (unpaired) electrons. The molecular weight excluding hydrogens is 436 g/mol. The quantitative estimate of drug-likeness (QED) is 0.523. The molecule has 2 aromatic carbocycles.